The summed E-state index contributed by atoms with van der Waals surface area (Å²) in [5.74, 6) is 0. The van der Waals surface area contributed by atoms with Gasteiger partial charge >= 0.3 is 0 Å². The molecule has 1 heteroatoms. The molecular weight excluding hydrogens is 127 g/mol. The topological polar surface area (TPSA) is 0 Å². The third-order valence-corrected chi connectivity index (χ3v) is 1.39. The van der Waals surface area contributed by atoms with Gasteiger partial charge in [-0.3, -0.25) is 0 Å². The van der Waals surface area contributed by atoms with Gasteiger partial charge in [-0.15, -0.1) is 0 Å². The molecule has 0 saturated carbocycles. The molecule has 0 saturated heterocycles. The van der Waals surface area contributed by atoms with Crippen LogP contribution in [0.3, 0.4) is 0 Å². The molecule has 1 aromatic carbocycles. The SMILES string of the molecule is C/C(=C/F)c1ccccc1. The molecule has 0 unspecified atom stereocenters. The van der Waals surface area contributed by atoms with Crippen molar-refractivity contribution >= 4 is 5.57 Å². The quantitative estimate of drug-likeness (QED) is 0.556. The van der Waals surface area contributed by atoms with Gasteiger partial charge in [0.1, 0.15) is 0 Å². The molecule has 0 amide bonds. The molecule has 10 heavy (non-hydrogen) atoms. The molecule has 0 spiro atoms. The second-order valence-corrected chi connectivity index (χ2v) is 2.16. The molecule has 0 N–H and O–H groups in total. The summed E-state index contributed by atoms with van der Waals surface area (Å²) in [4.78, 5) is 0. The van der Waals surface area contributed by atoms with E-state index in [4.69, 9.17) is 0 Å². The molecule has 0 aliphatic rings. The highest BCUT2D eigenvalue weighted by atomic mass is 19.1. The van der Waals surface area contributed by atoms with Gasteiger partial charge in [0.25, 0.3) is 0 Å². The number of rotatable bonds is 1. The summed E-state index contributed by atoms with van der Waals surface area (Å²) < 4.78 is 11.9. The van der Waals surface area contributed by atoms with Crippen molar-refractivity contribution in [2.45, 2.75) is 6.92 Å². The molecule has 1 aromatic rings. The highest BCUT2D eigenvalue weighted by Crippen LogP contribution is 2.11. The van der Waals surface area contributed by atoms with Crippen LogP contribution in [0, 0.1) is 0 Å². The third kappa shape index (κ3) is 1.44. The second-order valence-electron chi connectivity index (χ2n) is 2.16. The van der Waals surface area contributed by atoms with Crippen molar-refractivity contribution in [2.24, 2.45) is 0 Å². The Morgan fingerprint density at radius 1 is 1.30 bits per heavy atom. The fourth-order valence-electron chi connectivity index (χ4n) is 0.764. The first kappa shape index (κ1) is 7.00. The van der Waals surface area contributed by atoms with Crippen molar-refractivity contribution in [3.8, 4) is 0 Å². The molecule has 0 radical (unpaired) electrons. The Balaban J connectivity index is 2.96. The first-order valence-electron chi connectivity index (χ1n) is 3.17. The smallest absolute Gasteiger partial charge is 0.0902 e. The van der Waals surface area contributed by atoms with Crippen LogP contribution < -0.4 is 0 Å². The van der Waals surface area contributed by atoms with Crippen molar-refractivity contribution in [1.82, 2.24) is 0 Å². The fraction of sp³-hybridized carbons (Fsp3) is 0.111. The van der Waals surface area contributed by atoms with Crippen LogP contribution in [0.1, 0.15) is 12.5 Å². The van der Waals surface area contributed by atoms with E-state index >= 15 is 0 Å². The predicted octanol–water partition coefficient (Wildman–Crippen LogP) is 3.02. The van der Waals surface area contributed by atoms with Crippen LogP contribution in [0.5, 0.6) is 0 Å². The van der Waals surface area contributed by atoms with Crippen LogP contribution in [0.2, 0.25) is 0 Å². The lowest BCUT2D eigenvalue weighted by Gasteiger charge is -1.95. The zero-order valence-corrected chi connectivity index (χ0v) is 5.84. The largest absolute Gasteiger partial charge is 0.215 e. The lowest BCUT2D eigenvalue weighted by molar-refractivity contribution is 0.723. The van der Waals surface area contributed by atoms with Crippen molar-refractivity contribution in [3.63, 3.8) is 0 Å². The zero-order chi connectivity index (χ0) is 7.40. The minimum atomic E-state index is 0.620. The van der Waals surface area contributed by atoms with E-state index in [9.17, 15) is 4.39 Å². The Hall–Kier alpha value is -1.11. The highest BCUT2D eigenvalue weighted by molar-refractivity contribution is 5.62. The van der Waals surface area contributed by atoms with Crippen LogP contribution in [-0.2, 0) is 0 Å². The van der Waals surface area contributed by atoms with Gasteiger partial charge in [0.2, 0.25) is 0 Å². The van der Waals surface area contributed by atoms with E-state index in [1.807, 2.05) is 30.3 Å². The van der Waals surface area contributed by atoms with E-state index < -0.39 is 0 Å². The van der Waals surface area contributed by atoms with Crippen molar-refractivity contribution in [2.75, 3.05) is 0 Å². The maximum Gasteiger partial charge on any atom is 0.0902 e. The van der Waals surface area contributed by atoms with E-state index in [0.717, 1.165) is 5.56 Å². The first-order valence-corrected chi connectivity index (χ1v) is 3.17. The van der Waals surface area contributed by atoms with Gasteiger partial charge in [0.05, 0.1) is 6.33 Å². The van der Waals surface area contributed by atoms with Gasteiger partial charge in [-0.1, -0.05) is 30.3 Å². The monoisotopic (exact) mass is 136 g/mol. The lowest BCUT2D eigenvalue weighted by Crippen LogP contribution is -1.74. The van der Waals surface area contributed by atoms with Crippen molar-refractivity contribution < 1.29 is 4.39 Å². The molecule has 0 fully saturated rings. The molecular formula is C9H9F. The molecule has 0 heterocycles. The summed E-state index contributed by atoms with van der Waals surface area (Å²) in [5, 5.41) is 0. The Kier molecular flexibility index (Phi) is 2.21. The number of allylic oxidation sites excluding steroid dienone is 1. The number of benzene rings is 1. The summed E-state index contributed by atoms with van der Waals surface area (Å²) in [6.07, 6.45) is 0.620. The van der Waals surface area contributed by atoms with Gasteiger partial charge in [-0.05, 0) is 18.1 Å². The van der Waals surface area contributed by atoms with Crippen LogP contribution in [0.25, 0.3) is 5.57 Å². The number of hydrogen-bond acceptors (Lipinski definition) is 0. The van der Waals surface area contributed by atoms with Crippen LogP contribution in [0.15, 0.2) is 36.7 Å². The fourth-order valence-corrected chi connectivity index (χ4v) is 0.764. The normalized spacial score (nSPS) is 11.6. The lowest BCUT2D eigenvalue weighted by atomic mass is 10.1. The average Bonchev–Trinajstić information content (AvgIpc) is 2.05. The molecule has 0 bridgehead atoms. The average molecular weight is 136 g/mol. The second kappa shape index (κ2) is 3.16. The van der Waals surface area contributed by atoms with Crippen molar-refractivity contribution in [1.29, 1.82) is 0 Å². The summed E-state index contributed by atoms with van der Waals surface area (Å²) in [6.45, 7) is 1.75. The van der Waals surface area contributed by atoms with Gasteiger partial charge in [0, 0.05) is 0 Å². The maximum atomic E-state index is 11.9. The van der Waals surface area contributed by atoms with Crippen LogP contribution in [0.4, 0.5) is 4.39 Å². The van der Waals surface area contributed by atoms with E-state index in [0.29, 0.717) is 11.9 Å². The predicted molar refractivity (Wildman–Crippen MR) is 41.2 cm³/mol. The van der Waals surface area contributed by atoms with E-state index in [-0.39, 0.29) is 0 Å². The first-order chi connectivity index (χ1) is 4.84. The number of hydrogen-bond donors (Lipinski definition) is 0. The Morgan fingerprint density at radius 3 is 2.40 bits per heavy atom. The molecule has 0 aromatic heterocycles. The minimum Gasteiger partial charge on any atom is -0.215 e. The van der Waals surface area contributed by atoms with E-state index in [1.165, 1.54) is 0 Å². The Labute approximate surface area is 60.0 Å². The maximum absolute atomic E-state index is 11.9. The third-order valence-electron chi connectivity index (χ3n) is 1.39. The van der Waals surface area contributed by atoms with E-state index in [2.05, 4.69) is 0 Å². The molecule has 0 aliphatic heterocycles. The van der Waals surface area contributed by atoms with Crippen LogP contribution in [-0.4, -0.2) is 0 Å². The summed E-state index contributed by atoms with van der Waals surface area (Å²) in [6, 6.07) is 9.45. The molecule has 0 atom stereocenters. The summed E-state index contributed by atoms with van der Waals surface area (Å²) >= 11 is 0. The van der Waals surface area contributed by atoms with E-state index in [1.54, 1.807) is 6.92 Å². The minimum absolute atomic E-state index is 0.620. The van der Waals surface area contributed by atoms with Gasteiger partial charge in [-0.2, -0.15) is 0 Å². The Bertz CT molecular complexity index is 224. The molecule has 0 aliphatic carbocycles. The summed E-state index contributed by atoms with van der Waals surface area (Å²) in [7, 11) is 0. The summed E-state index contributed by atoms with van der Waals surface area (Å²) in [5.41, 5.74) is 1.60. The van der Waals surface area contributed by atoms with Gasteiger partial charge in [0.15, 0.2) is 0 Å². The molecule has 52 valence electrons. The van der Waals surface area contributed by atoms with Crippen molar-refractivity contribution in [3.05, 3.63) is 42.2 Å². The van der Waals surface area contributed by atoms with Gasteiger partial charge in [-0.25, -0.2) is 4.39 Å². The van der Waals surface area contributed by atoms with Gasteiger partial charge < -0.3 is 0 Å². The molecule has 0 nitrogen and oxygen atoms in total. The zero-order valence-electron chi connectivity index (χ0n) is 5.84. The molecule has 1 rings (SSSR count). The number of halogens is 1. The standard InChI is InChI=1S/C9H9F/c1-8(7-10)9-5-3-2-4-6-9/h2-7H,1H3/b8-7-. The van der Waals surface area contributed by atoms with Crippen LogP contribution >= 0.6 is 0 Å². The Morgan fingerprint density at radius 2 is 1.90 bits per heavy atom. The highest BCUT2D eigenvalue weighted by Gasteiger charge is 1.90.